The predicted molar refractivity (Wildman–Crippen MR) is 126 cm³/mol. The Hall–Kier alpha value is -4.05. The van der Waals surface area contributed by atoms with Gasteiger partial charge in [-0.15, -0.1) is 0 Å². The van der Waals surface area contributed by atoms with Gasteiger partial charge in [-0.2, -0.15) is 27.1 Å². The first kappa shape index (κ1) is 29.9. The average Bonchev–Trinajstić information content (AvgIpc) is 3.54. The van der Waals surface area contributed by atoms with E-state index in [9.17, 15) is 40.3 Å². The van der Waals surface area contributed by atoms with Crippen LogP contribution < -0.4 is 10.6 Å². The van der Waals surface area contributed by atoms with Crippen molar-refractivity contribution in [3.8, 4) is 0 Å². The minimum Gasteiger partial charge on any atom is -0.346 e. The van der Waals surface area contributed by atoms with E-state index in [1.54, 1.807) is 5.32 Å². The Labute approximate surface area is 227 Å². The highest BCUT2D eigenvalue weighted by Crippen LogP contribution is 2.38. The molecule has 1 aliphatic carbocycles. The van der Waals surface area contributed by atoms with E-state index in [1.807, 2.05) is 0 Å². The van der Waals surface area contributed by atoms with E-state index >= 15 is 0 Å². The van der Waals surface area contributed by atoms with Crippen LogP contribution in [0.1, 0.15) is 71.5 Å². The van der Waals surface area contributed by atoms with Gasteiger partial charge in [0.1, 0.15) is 12.2 Å². The summed E-state index contributed by atoms with van der Waals surface area (Å²) in [6.45, 7) is -0.194. The fourth-order valence-corrected chi connectivity index (χ4v) is 4.72. The summed E-state index contributed by atoms with van der Waals surface area (Å²) in [7, 11) is 0. The minimum atomic E-state index is -4.74. The van der Waals surface area contributed by atoms with Gasteiger partial charge in [0.25, 0.3) is 12.0 Å². The van der Waals surface area contributed by atoms with Crippen molar-refractivity contribution in [1.29, 1.82) is 0 Å². The van der Waals surface area contributed by atoms with Crippen molar-refractivity contribution >= 4 is 17.5 Å². The molecular weight excluding hydrogens is 567 g/mol. The molecular formula is C24H24F7N7O3. The second-order valence-corrected chi connectivity index (χ2v) is 9.62. The molecule has 1 aliphatic rings. The number of carbonyl (C=O) groups excluding carboxylic acids is 2. The molecule has 0 aromatic carbocycles. The average molecular weight is 591 g/mol. The van der Waals surface area contributed by atoms with Gasteiger partial charge in [0.15, 0.2) is 11.3 Å². The van der Waals surface area contributed by atoms with Crippen molar-refractivity contribution < 1.29 is 45.0 Å². The number of amides is 2. The van der Waals surface area contributed by atoms with Crippen LogP contribution in [0.15, 0.2) is 34.7 Å². The van der Waals surface area contributed by atoms with Gasteiger partial charge in [-0.1, -0.05) is 5.16 Å². The molecule has 2 N–H and O–H groups in total. The first-order chi connectivity index (χ1) is 19.3. The summed E-state index contributed by atoms with van der Waals surface area (Å²) in [5.74, 6) is -3.90. The third-order valence-corrected chi connectivity index (χ3v) is 6.80. The normalized spacial score (nSPS) is 17.5. The van der Waals surface area contributed by atoms with E-state index in [-0.39, 0.29) is 65.5 Å². The van der Waals surface area contributed by atoms with Crippen LogP contribution in [0.2, 0.25) is 0 Å². The summed E-state index contributed by atoms with van der Waals surface area (Å²) >= 11 is 0. The molecule has 0 spiro atoms. The van der Waals surface area contributed by atoms with Crippen molar-refractivity contribution in [1.82, 2.24) is 35.5 Å². The lowest BCUT2D eigenvalue weighted by Gasteiger charge is -2.30. The van der Waals surface area contributed by atoms with Crippen LogP contribution >= 0.6 is 0 Å². The summed E-state index contributed by atoms with van der Waals surface area (Å²) in [5.41, 5.74) is 0.366. The Morgan fingerprint density at radius 2 is 1.88 bits per heavy atom. The van der Waals surface area contributed by atoms with Crippen LogP contribution in [0.25, 0.3) is 5.65 Å². The van der Waals surface area contributed by atoms with Crippen molar-refractivity contribution in [3.63, 3.8) is 0 Å². The molecule has 10 nitrogen and oxygen atoms in total. The number of nitrogens with one attached hydrogen (secondary N) is 2. The van der Waals surface area contributed by atoms with E-state index < -0.39 is 55.4 Å². The number of nitrogens with zero attached hydrogens (tertiary/aromatic N) is 5. The number of aryl methyl sites for hydroxylation is 1. The van der Waals surface area contributed by atoms with Crippen LogP contribution in [0.5, 0.6) is 0 Å². The molecule has 1 fully saturated rings. The van der Waals surface area contributed by atoms with Gasteiger partial charge in [-0.3, -0.25) is 9.59 Å². The third-order valence-electron chi connectivity index (χ3n) is 6.80. The SMILES string of the molecule is Cc1nonc1C(=O)NC(c1cn2ncc(C(CC(F)F)C(=O)NCC(F)(F)F)cc2n1)C1CCC(=C(F)F)CC1. The van der Waals surface area contributed by atoms with E-state index in [2.05, 4.69) is 30.3 Å². The van der Waals surface area contributed by atoms with Gasteiger partial charge in [0.05, 0.1) is 30.0 Å². The Morgan fingerprint density at radius 1 is 1.17 bits per heavy atom. The lowest BCUT2D eigenvalue weighted by atomic mass is 9.80. The zero-order valence-electron chi connectivity index (χ0n) is 21.4. The molecule has 2 unspecified atom stereocenters. The summed E-state index contributed by atoms with van der Waals surface area (Å²) in [6, 6.07) is 0.418. The second kappa shape index (κ2) is 12.2. The number of carbonyl (C=O) groups is 2. The first-order valence-electron chi connectivity index (χ1n) is 12.4. The highest BCUT2D eigenvalue weighted by molar-refractivity contribution is 5.93. The van der Waals surface area contributed by atoms with E-state index in [4.69, 9.17) is 0 Å². The number of fused-ring (bicyclic) bond motifs is 1. The largest absolute Gasteiger partial charge is 0.405 e. The monoisotopic (exact) mass is 591 g/mol. The minimum absolute atomic E-state index is 0.0260. The number of hydrogen-bond donors (Lipinski definition) is 2. The Bertz CT molecular complexity index is 1420. The van der Waals surface area contributed by atoms with Crippen LogP contribution in [-0.2, 0) is 4.79 Å². The fraction of sp³-hybridized carbons (Fsp3) is 0.500. The van der Waals surface area contributed by atoms with Crippen LogP contribution in [0.3, 0.4) is 0 Å². The van der Waals surface area contributed by atoms with Crippen molar-refractivity contribution in [2.24, 2.45) is 5.92 Å². The van der Waals surface area contributed by atoms with E-state index in [1.165, 1.54) is 23.7 Å². The number of allylic oxidation sites excluding steroid dienone is 1. The zero-order chi connectivity index (χ0) is 29.9. The Morgan fingerprint density at radius 3 is 2.46 bits per heavy atom. The number of hydrogen-bond acceptors (Lipinski definition) is 7. The second-order valence-electron chi connectivity index (χ2n) is 9.62. The molecule has 0 radical (unpaired) electrons. The van der Waals surface area contributed by atoms with E-state index in [0.717, 1.165) is 6.20 Å². The van der Waals surface area contributed by atoms with Gasteiger partial charge < -0.3 is 10.6 Å². The Balaban J connectivity index is 1.65. The lowest BCUT2D eigenvalue weighted by Crippen LogP contribution is -2.37. The van der Waals surface area contributed by atoms with Gasteiger partial charge >= 0.3 is 6.18 Å². The fourth-order valence-electron chi connectivity index (χ4n) is 4.72. The molecule has 4 rings (SSSR count). The summed E-state index contributed by atoms with van der Waals surface area (Å²) in [5, 5.41) is 15.6. The Kier molecular flexibility index (Phi) is 8.92. The van der Waals surface area contributed by atoms with Crippen LogP contribution in [-0.4, -0.2) is 55.9 Å². The highest BCUT2D eigenvalue weighted by Gasteiger charge is 2.34. The van der Waals surface area contributed by atoms with Crippen LogP contribution in [0.4, 0.5) is 30.7 Å². The van der Waals surface area contributed by atoms with Gasteiger partial charge in [-0.25, -0.2) is 22.9 Å². The molecule has 2 atom stereocenters. The third kappa shape index (κ3) is 7.38. The number of rotatable bonds is 9. The summed E-state index contributed by atoms with van der Waals surface area (Å²) < 4.78 is 96.3. The maximum absolute atomic E-state index is 13.2. The topological polar surface area (TPSA) is 127 Å². The molecule has 3 aromatic rings. The molecule has 222 valence electrons. The molecule has 0 bridgehead atoms. The highest BCUT2D eigenvalue weighted by atomic mass is 19.4. The number of alkyl halides is 5. The van der Waals surface area contributed by atoms with Gasteiger partial charge in [-0.05, 0) is 60.9 Å². The lowest BCUT2D eigenvalue weighted by molar-refractivity contribution is -0.139. The molecule has 17 heteroatoms. The predicted octanol–water partition coefficient (Wildman–Crippen LogP) is 4.65. The molecule has 2 amide bonds. The molecule has 0 saturated heterocycles. The molecule has 0 aliphatic heterocycles. The van der Waals surface area contributed by atoms with E-state index in [0.29, 0.717) is 0 Å². The number of imidazole rings is 1. The number of aromatic nitrogens is 5. The smallest absolute Gasteiger partial charge is 0.346 e. The molecule has 3 aromatic heterocycles. The van der Waals surface area contributed by atoms with Gasteiger partial charge in [0.2, 0.25) is 12.3 Å². The van der Waals surface area contributed by atoms with Crippen LogP contribution in [0, 0.1) is 12.8 Å². The summed E-state index contributed by atoms with van der Waals surface area (Å²) in [4.78, 5) is 29.8. The van der Waals surface area contributed by atoms with Crippen molar-refractivity contribution in [2.75, 3.05) is 6.54 Å². The number of halogens is 7. The maximum Gasteiger partial charge on any atom is 0.405 e. The quantitative estimate of drug-likeness (QED) is 0.347. The first-order valence-corrected chi connectivity index (χ1v) is 12.4. The zero-order valence-corrected chi connectivity index (χ0v) is 21.4. The van der Waals surface area contributed by atoms with Crippen molar-refractivity contribution in [2.45, 2.75) is 63.6 Å². The van der Waals surface area contributed by atoms with Gasteiger partial charge in [0, 0.05) is 6.42 Å². The molecule has 1 saturated carbocycles. The molecule has 3 heterocycles. The molecule has 41 heavy (non-hydrogen) atoms. The summed E-state index contributed by atoms with van der Waals surface area (Å²) in [6.07, 6.45) is -7.26. The maximum atomic E-state index is 13.2. The van der Waals surface area contributed by atoms with Crippen molar-refractivity contribution in [3.05, 3.63) is 52.8 Å². The standard InChI is InChI=1S/C24H24F7N7O3/c1-11-19(37-41-36-11)23(40)35-20(12-2-4-13(5-3-12)21(27)28)16-9-38-18(34-16)6-14(8-33-38)15(7-17(25)26)22(39)32-10-24(29,30)31/h6,8-9,12,15,17,20H,2-5,7,10H2,1H3,(H,32,39)(H,35,40).